The van der Waals surface area contributed by atoms with Gasteiger partial charge in [-0.1, -0.05) is 18.2 Å². The summed E-state index contributed by atoms with van der Waals surface area (Å²) in [6.45, 7) is 1.38. The van der Waals surface area contributed by atoms with Crippen LogP contribution in [-0.2, 0) is 6.54 Å². The molecule has 5 heteroatoms. The van der Waals surface area contributed by atoms with E-state index in [2.05, 4.69) is 15.1 Å². The van der Waals surface area contributed by atoms with E-state index < -0.39 is 0 Å². The lowest BCUT2D eigenvalue weighted by Gasteiger charge is -2.19. The summed E-state index contributed by atoms with van der Waals surface area (Å²) in [5.41, 5.74) is 3.64. The van der Waals surface area contributed by atoms with E-state index in [0.717, 1.165) is 24.1 Å². The van der Waals surface area contributed by atoms with Gasteiger partial charge in [0.05, 0.1) is 5.69 Å². The number of hydrogen-bond acceptors (Lipinski definition) is 3. The van der Waals surface area contributed by atoms with Gasteiger partial charge >= 0.3 is 0 Å². The highest BCUT2D eigenvalue weighted by molar-refractivity contribution is 5.62. The molecule has 1 unspecified atom stereocenters. The maximum Gasteiger partial charge on any atom is 0.137 e. The van der Waals surface area contributed by atoms with Crippen LogP contribution in [0.5, 0.6) is 0 Å². The minimum absolute atomic E-state index is 0.0426. The molecule has 0 aliphatic carbocycles. The van der Waals surface area contributed by atoms with Gasteiger partial charge in [-0.15, -0.1) is 0 Å². The van der Waals surface area contributed by atoms with Gasteiger partial charge in [0.1, 0.15) is 11.6 Å². The van der Waals surface area contributed by atoms with E-state index in [0.29, 0.717) is 23.4 Å². The topological polar surface area (TPSA) is 29.0 Å². The maximum absolute atomic E-state index is 15.4. The molecule has 3 aromatic rings. The molecule has 0 saturated heterocycles. The fourth-order valence-electron chi connectivity index (χ4n) is 3.66. The van der Waals surface area contributed by atoms with Crippen molar-refractivity contribution in [2.45, 2.75) is 18.9 Å². The summed E-state index contributed by atoms with van der Waals surface area (Å²) in [5.74, 6) is -0.464. The number of benzene rings is 2. The summed E-state index contributed by atoms with van der Waals surface area (Å²) in [4.78, 5) is 2.12. The molecule has 132 valence electrons. The van der Waals surface area contributed by atoms with Crippen LogP contribution in [0.4, 0.5) is 8.78 Å². The largest absolute Gasteiger partial charge is 0.302 e. The number of rotatable bonds is 2. The Morgan fingerprint density at radius 2 is 1.85 bits per heavy atom. The third-order valence-corrected chi connectivity index (χ3v) is 5.00. The van der Waals surface area contributed by atoms with Crippen molar-refractivity contribution in [1.29, 1.82) is 0 Å². The van der Waals surface area contributed by atoms with E-state index in [1.165, 1.54) is 12.1 Å². The van der Waals surface area contributed by atoms with E-state index in [1.807, 2.05) is 13.1 Å². The lowest BCUT2D eigenvalue weighted by Crippen LogP contribution is -2.18. The van der Waals surface area contributed by atoms with Gasteiger partial charge in [0, 0.05) is 29.8 Å². The van der Waals surface area contributed by atoms with Crippen molar-refractivity contribution in [3.63, 3.8) is 0 Å². The van der Waals surface area contributed by atoms with Gasteiger partial charge in [0.15, 0.2) is 0 Å². The zero-order valence-corrected chi connectivity index (χ0v) is 14.5. The van der Waals surface area contributed by atoms with Crippen LogP contribution in [0.15, 0.2) is 54.7 Å². The summed E-state index contributed by atoms with van der Waals surface area (Å²) in [7, 11) is 1.99. The highest BCUT2D eigenvalue weighted by Crippen LogP contribution is 2.37. The van der Waals surface area contributed by atoms with Gasteiger partial charge in [-0.05, 0) is 61.5 Å². The van der Waals surface area contributed by atoms with Crippen LogP contribution >= 0.6 is 0 Å². The van der Waals surface area contributed by atoms with Crippen LogP contribution in [-0.4, -0.2) is 28.7 Å². The SMILES string of the molecule is CN1CCC(c2ccc(F)cc2)c2ccc(-c3cccnn3)c(F)c2C1. The first-order valence-electron chi connectivity index (χ1n) is 8.67. The highest BCUT2D eigenvalue weighted by atomic mass is 19.1. The van der Waals surface area contributed by atoms with Gasteiger partial charge in [0.25, 0.3) is 0 Å². The number of fused-ring (bicyclic) bond motifs is 1. The zero-order valence-electron chi connectivity index (χ0n) is 14.5. The Hall–Kier alpha value is -2.66. The average Bonchev–Trinajstić information content (AvgIpc) is 2.83. The molecule has 4 rings (SSSR count). The molecule has 1 atom stereocenters. The molecule has 1 aromatic heterocycles. The third-order valence-electron chi connectivity index (χ3n) is 5.00. The molecule has 0 amide bonds. The van der Waals surface area contributed by atoms with E-state index in [9.17, 15) is 4.39 Å². The Balaban J connectivity index is 1.84. The van der Waals surface area contributed by atoms with E-state index >= 15 is 4.39 Å². The lowest BCUT2D eigenvalue weighted by atomic mass is 9.85. The molecule has 0 radical (unpaired) electrons. The second-order valence-electron chi connectivity index (χ2n) is 6.73. The van der Waals surface area contributed by atoms with Gasteiger partial charge in [-0.25, -0.2) is 8.78 Å². The maximum atomic E-state index is 15.4. The lowest BCUT2D eigenvalue weighted by molar-refractivity contribution is 0.324. The summed E-state index contributed by atoms with van der Waals surface area (Å²) in [5, 5.41) is 7.90. The standard InChI is InChI=1S/C21H19F2N3/c1-26-12-10-16(14-4-6-15(22)7-5-14)17-8-9-18(21(23)19(17)13-26)20-3-2-11-24-25-20/h2-9,11,16H,10,12-13H2,1H3. The predicted octanol–water partition coefficient (Wildman–Crippen LogP) is 4.39. The average molecular weight is 351 g/mol. The minimum atomic E-state index is -0.260. The van der Waals surface area contributed by atoms with Crippen molar-refractivity contribution >= 4 is 0 Å². The highest BCUT2D eigenvalue weighted by Gasteiger charge is 2.26. The quantitative estimate of drug-likeness (QED) is 0.686. The number of aromatic nitrogens is 2. The van der Waals surface area contributed by atoms with E-state index in [1.54, 1.807) is 36.5 Å². The van der Waals surface area contributed by atoms with Gasteiger partial charge < -0.3 is 4.90 Å². The summed E-state index contributed by atoms with van der Waals surface area (Å²) in [6.07, 6.45) is 2.43. The second kappa shape index (κ2) is 6.92. The van der Waals surface area contributed by atoms with Crippen LogP contribution in [0.3, 0.4) is 0 Å². The van der Waals surface area contributed by atoms with Crippen LogP contribution < -0.4 is 0 Å². The Morgan fingerprint density at radius 1 is 1.04 bits per heavy atom. The molecule has 1 aliphatic rings. The normalized spacial score (nSPS) is 17.6. The summed E-state index contributed by atoms with van der Waals surface area (Å²) >= 11 is 0. The van der Waals surface area contributed by atoms with Crippen LogP contribution in [0.1, 0.15) is 29.0 Å². The Labute approximate surface area is 151 Å². The van der Waals surface area contributed by atoms with Crippen LogP contribution in [0, 0.1) is 11.6 Å². The number of hydrogen-bond donors (Lipinski definition) is 0. The predicted molar refractivity (Wildman–Crippen MR) is 96.6 cm³/mol. The van der Waals surface area contributed by atoms with Crippen molar-refractivity contribution in [1.82, 2.24) is 15.1 Å². The third kappa shape index (κ3) is 3.10. The van der Waals surface area contributed by atoms with Crippen molar-refractivity contribution in [2.24, 2.45) is 0 Å². The molecule has 26 heavy (non-hydrogen) atoms. The summed E-state index contributed by atoms with van der Waals surface area (Å²) in [6, 6.07) is 13.8. The molecule has 2 heterocycles. The Morgan fingerprint density at radius 3 is 2.58 bits per heavy atom. The molecule has 0 bridgehead atoms. The van der Waals surface area contributed by atoms with Gasteiger partial charge in [-0.3, -0.25) is 0 Å². The first kappa shape index (κ1) is 16.8. The minimum Gasteiger partial charge on any atom is -0.302 e. The molecule has 1 aliphatic heterocycles. The Bertz CT molecular complexity index is 911. The van der Waals surface area contributed by atoms with E-state index in [4.69, 9.17) is 0 Å². The molecule has 0 fully saturated rings. The zero-order chi connectivity index (χ0) is 18.1. The molecular weight excluding hydrogens is 332 g/mol. The van der Waals surface area contributed by atoms with E-state index in [-0.39, 0.29) is 17.6 Å². The number of halogens is 2. The van der Waals surface area contributed by atoms with Crippen molar-refractivity contribution < 1.29 is 8.78 Å². The van der Waals surface area contributed by atoms with Crippen molar-refractivity contribution in [3.8, 4) is 11.3 Å². The van der Waals surface area contributed by atoms with Gasteiger partial charge in [0.2, 0.25) is 0 Å². The van der Waals surface area contributed by atoms with Crippen LogP contribution in [0.2, 0.25) is 0 Å². The monoisotopic (exact) mass is 351 g/mol. The molecule has 0 spiro atoms. The first-order valence-corrected chi connectivity index (χ1v) is 8.67. The fraction of sp³-hybridized carbons (Fsp3) is 0.238. The Kier molecular flexibility index (Phi) is 4.47. The van der Waals surface area contributed by atoms with Crippen molar-refractivity contribution in [3.05, 3.63) is 83.1 Å². The van der Waals surface area contributed by atoms with Gasteiger partial charge in [-0.2, -0.15) is 10.2 Å². The molecule has 3 nitrogen and oxygen atoms in total. The molecule has 0 N–H and O–H groups in total. The summed E-state index contributed by atoms with van der Waals surface area (Å²) < 4.78 is 28.7. The number of nitrogens with zero attached hydrogens (tertiary/aromatic N) is 3. The molecule has 2 aromatic carbocycles. The van der Waals surface area contributed by atoms with Crippen LogP contribution in [0.25, 0.3) is 11.3 Å². The first-order chi connectivity index (χ1) is 12.6. The molecular formula is C21H19F2N3. The second-order valence-corrected chi connectivity index (χ2v) is 6.73. The fourth-order valence-corrected chi connectivity index (χ4v) is 3.66. The molecule has 0 saturated carbocycles. The smallest absolute Gasteiger partial charge is 0.137 e. The van der Waals surface area contributed by atoms with Crippen molar-refractivity contribution in [2.75, 3.05) is 13.6 Å².